The van der Waals surface area contributed by atoms with Crippen LogP contribution in [0.2, 0.25) is 0 Å². The third-order valence-corrected chi connectivity index (χ3v) is 4.66. The van der Waals surface area contributed by atoms with Gasteiger partial charge in [0.2, 0.25) is 5.91 Å². The van der Waals surface area contributed by atoms with E-state index in [0.29, 0.717) is 18.9 Å². The second-order valence-corrected chi connectivity index (χ2v) is 6.68. The predicted octanol–water partition coefficient (Wildman–Crippen LogP) is 2.59. The number of methoxy groups -OCH3 is 1. The molecule has 7 nitrogen and oxygen atoms in total. The van der Waals surface area contributed by atoms with Crippen molar-refractivity contribution in [2.24, 2.45) is 13.0 Å². The number of hydrogen-bond donors (Lipinski definition) is 1. The summed E-state index contributed by atoms with van der Waals surface area (Å²) in [5.41, 5.74) is 0.637. The fourth-order valence-electron chi connectivity index (χ4n) is 3.16. The molecular formula is C20H30N4O3. The van der Waals surface area contributed by atoms with Crippen LogP contribution in [0.5, 0.6) is 5.75 Å². The molecule has 0 bridgehead atoms. The Hall–Kier alpha value is -2.57. The van der Waals surface area contributed by atoms with E-state index in [1.165, 1.54) is 9.25 Å². The van der Waals surface area contributed by atoms with Gasteiger partial charge in [0.25, 0.3) is 0 Å². The normalized spacial score (nSPS) is 11.0. The monoisotopic (exact) mass is 374 g/mol. The van der Waals surface area contributed by atoms with Crippen molar-refractivity contribution in [3.8, 4) is 17.1 Å². The molecule has 0 unspecified atom stereocenters. The van der Waals surface area contributed by atoms with Crippen LogP contribution in [0.3, 0.4) is 0 Å². The van der Waals surface area contributed by atoms with Crippen LogP contribution < -0.4 is 15.7 Å². The lowest BCUT2D eigenvalue weighted by Gasteiger charge is -2.14. The van der Waals surface area contributed by atoms with Crippen molar-refractivity contribution in [1.82, 2.24) is 19.7 Å². The molecule has 1 N–H and O–H groups in total. The first kappa shape index (κ1) is 20.7. The summed E-state index contributed by atoms with van der Waals surface area (Å²) in [5, 5.41) is 7.37. The van der Waals surface area contributed by atoms with Crippen molar-refractivity contribution in [2.75, 3.05) is 13.7 Å². The minimum Gasteiger partial charge on any atom is -0.497 e. The highest BCUT2D eigenvalue weighted by Crippen LogP contribution is 2.19. The zero-order valence-corrected chi connectivity index (χ0v) is 16.7. The SMILES string of the molecule is CCCC(CCC)C(=O)NCCn1nc(-c2ccc(OC)cc2)n(C)c1=O. The highest BCUT2D eigenvalue weighted by atomic mass is 16.5. The molecule has 0 aliphatic carbocycles. The quantitative estimate of drug-likeness (QED) is 0.693. The first-order valence-corrected chi connectivity index (χ1v) is 9.57. The predicted molar refractivity (Wildman–Crippen MR) is 106 cm³/mol. The van der Waals surface area contributed by atoms with Gasteiger partial charge < -0.3 is 10.1 Å². The largest absolute Gasteiger partial charge is 0.497 e. The Morgan fingerprint density at radius 3 is 2.37 bits per heavy atom. The lowest BCUT2D eigenvalue weighted by Crippen LogP contribution is -2.35. The van der Waals surface area contributed by atoms with Gasteiger partial charge in [-0.05, 0) is 37.1 Å². The summed E-state index contributed by atoms with van der Waals surface area (Å²) in [7, 11) is 3.31. The molecule has 0 saturated carbocycles. The lowest BCUT2D eigenvalue weighted by atomic mass is 9.97. The summed E-state index contributed by atoms with van der Waals surface area (Å²) in [6.07, 6.45) is 3.77. The van der Waals surface area contributed by atoms with Crippen LogP contribution in [0.4, 0.5) is 0 Å². The molecule has 1 aromatic heterocycles. The second-order valence-electron chi connectivity index (χ2n) is 6.68. The third-order valence-electron chi connectivity index (χ3n) is 4.66. The van der Waals surface area contributed by atoms with E-state index in [4.69, 9.17) is 4.74 Å². The van der Waals surface area contributed by atoms with Crippen molar-refractivity contribution in [3.63, 3.8) is 0 Å². The molecule has 1 aromatic carbocycles. The maximum Gasteiger partial charge on any atom is 0.345 e. The van der Waals surface area contributed by atoms with Gasteiger partial charge in [-0.25, -0.2) is 9.48 Å². The van der Waals surface area contributed by atoms with Crippen molar-refractivity contribution in [3.05, 3.63) is 34.7 Å². The van der Waals surface area contributed by atoms with Crippen LogP contribution in [0.25, 0.3) is 11.4 Å². The number of aromatic nitrogens is 3. The number of carbonyl (C=O) groups excluding carboxylic acids is 1. The number of hydrogen-bond acceptors (Lipinski definition) is 4. The fraction of sp³-hybridized carbons (Fsp3) is 0.550. The van der Waals surface area contributed by atoms with E-state index >= 15 is 0 Å². The highest BCUT2D eigenvalue weighted by molar-refractivity contribution is 5.78. The van der Waals surface area contributed by atoms with Crippen LogP contribution in [-0.4, -0.2) is 33.9 Å². The second kappa shape index (κ2) is 9.94. The van der Waals surface area contributed by atoms with Gasteiger partial charge in [-0.2, -0.15) is 0 Å². The van der Waals surface area contributed by atoms with E-state index in [1.807, 2.05) is 24.3 Å². The van der Waals surface area contributed by atoms with Crippen molar-refractivity contribution in [1.29, 1.82) is 0 Å². The van der Waals surface area contributed by atoms with Gasteiger partial charge in [0.15, 0.2) is 5.82 Å². The summed E-state index contributed by atoms with van der Waals surface area (Å²) in [4.78, 5) is 24.7. The van der Waals surface area contributed by atoms with E-state index in [1.54, 1.807) is 14.2 Å². The Morgan fingerprint density at radius 2 is 1.81 bits per heavy atom. The van der Waals surface area contributed by atoms with Crippen LogP contribution in [-0.2, 0) is 18.4 Å². The zero-order valence-electron chi connectivity index (χ0n) is 16.7. The number of amides is 1. The molecule has 148 valence electrons. The molecule has 0 fully saturated rings. The van der Waals surface area contributed by atoms with Crippen LogP contribution in [0.15, 0.2) is 29.1 Å². The zero-order chi connectivity index (χ0) is 19.8. The number of ether oxygens (including phenoxy) is 1. The molecule has 0 atom stereocenters. The molecule has 2 aromatic rings. The Labute approximate surface area is 160 Å². The lowest BCUT2D eigenvalue weighted by molar-refractivity contribution is -0.125. The molecule has 0 radical (unpaired) electrons. The van der Waals surface area contributed by atoms with Crippen molar-refractivity contribution < 1.29 is 9.53 Å². The molecule has 1 heterocycles. The topological polar surface area (TPSA) is 78.2 Å². The fourth-order valence-corrected chi connectivity index (χ4v) is 3.16. The third kappa shape index (κ3) is 5.21. The Bertz CT molecular complexity index is 787. The molecule has 0 aliphatic rings. The standard InChI is InChI=1S/C20H30N4O3/c1-5-7-16(8-6-2)19(25)21-13-14-24-20(26)23(3)18(22-24)15-9-11-17(27-4)12-10-15/h9-12,16H,5-8,13-14H2,1-4H3,(H,21,25). The summed E-state index contributed by atoms with van der Waals surface area (Å²) >= 11 is 0. The van der Waals surface area contributed by atoms with Gasteiger partial charge >= 0.3 is 5.69 Å². The van der Waals surface area contributed by atoms with Gasteiger partial charge in [0.1, 0.15) is 5.75 Å². The van der Waals surface area contributed by atoms with Gasteiger partial charge in [-0.15, -0.1) is 5.10 Å². The number of carbonyl (C=O) groups is 1. The molecular weight excluding hydrogens is 344 g/mol. The van der Waals surface area contributed by atoms with Crippen molar-refractivity contribution >= 4 is 5.91 Å². The molecule has 0 spiro atoms. The Kier molecular flexibility index (Phi) is 7.64. The number of benzene rings is 1. The van der Waals surface area contributed by atoms with Gasteiger partial charge in [0, 0.05) is 25.1 Å². The van der Waals surface area contributed by atoms with Gasteiger partial charge in [-0.3, -0.25) is 9.36 Å². The first-order chi connectivity index (χ1) is 13.0. The van der Waals surface area contributed by atoms with Crippen LogP contribution in [0.1, 0.15) is 39.5 Å². The summed E-state index contributed by atoms with van der Waals surface area (Å²) in [6.45, 7) is 4.91. The van der Waals surface area contributed by atoms with Crippen LogP contribution in [0, 0.1) is 5.92 Å². The summed E-state index contributed by atoms with van der Waals surface area (Å²) in [6, 6.07) is 7.40. The molecule has 27 heavy (non-hydrogen) atoms. The smallest absolute Gasteiger partial charge is 0.345 e. The number of nitrogens with one attached hydrogen (secondary N) is 1. The molecule has 0 saturated heterocycles. The summed E-state index contributed by atoms with van der Waals surface area (Å²) in [5.74, 6) is 1.46. The van der Waals surface area contributed by atoms with E-state index in [2.05, 4.69) is 24.3 Å². The molecule has 0 aliphatic heterocycles. The number of rotatable bonds is 10. The van der Waals surface area contributed by atoms with E-state index in [9.17, 15) is 9.59 Å². The average Bonchev–Trinajstić information content (AvgIpc) is 2.96. The highest BCUT2D eigenvalue weighted by Gasteiger charge is 2.17. The minimum absolute atomic E-state index is 0.0512. The maximum absolute atomic E-state index is 12.4. The van der Waals surface area contributed by atoms with Gasteiger partial charge in [0.05, 0.1) is 13.7 Å². The van der Waals surface area contributed by atoms with Gasteiger partial charge in [-0.1, -0.05) is 26.7 Å². The Morgan fingerprint density at radius 1 is 1.19 bits per heavy atom. The summed E-state index contributed by atoms with van der Waals surface area (Å²) < 4.78 is 8.07. The van der Waals surface area contributed by atoms with Crippen LogP contribution >= 0.6 is 0 Å². The average molecular weight is 374 g/mol. The van der Waals surface area contributed by atoms with E-state index in [0.717, 1.165) is 37.0 Å². The molecule has 1 amide bonds. The van der Waals surface area contributed by atoms with E-state index in [-0.39, 0.29) is 17.5 Å². The molecule has 2 rings (SSSR count). The van der Waals surface area contributed by atoms with E-state index < -0.39 is 0 Å². The minimum atomic E-state index is -0.200. The molecule has 7 heteroatoms. The maximum atomic E-state index is 12.4. The number of nitrogens with zero attached hydrogens (tertiary/aromatic N) is 3. The van der Waals surface area contributed by atoms with Crippen molar-refractivity contribution in [2.45, 2.75) is 46.1 Å². The first-order valence-electron chi connectivity index (χ1n) is 9.57. The Balaban J connectivity index is 2.03.